The fourth-order valence-electron chi connectivity index (χ4n) is 0.716. The lowest BCUT2D eigenvalue weighted by Gasteiger charge is -1.98. The summed E-state index contributed by atoms with van der Waals surface area (Å²) in [5.74, 6) is -1.48. The van der Waals surface area contributed by atoms with Crippen LogP contribution in [0.3, 0.4) is 0 Å². The van der Waals surface area contributed by atoms with Gasteiger partial charge in [0, 0.05) is 4.47 Å². The molecular formula is C7H5BrFNO2. The lowest BCUT2D eigenvalue weighted by Crippen LogP contribution is -2.03. The Morgan fingerprint density at radius 2 is 2.42 bits per heavy atom. The maximum atomic E-state index is 12.4. The molecule has 5 heteroatoms. The molecule has 1 aromatic rings. The lowest BCUT2D eigenvalue weighted by atomic mass is 10.3. The normalized spacial score (nSPS) is 9.83. The van der Waals surface area contributed by atoms with Crippen LogP contribution in [-0.4, -0.2) is 16.1 Å². The molecule has 0 saturated heterocycles. The third-order valence-electron chi connectivity index (χ3n) is 1.20. The van der Waals surface area contributed by atoms with Crippen LogP contribution in [0.15, 0.2) is 16.7 Å². The van der Waals surface area contributed by atoms with E-state index in [4.69, 9.17) is 5.11 Å². The van der Waals surface area contributed by atoms with E-state index < -0.39 is 11.8 Å². The van der Waals surface area contributed by atoms with Gasteiger partial charge >= 0.3 is 5.97 Å². The molecule has 0 bridgehead atoms. The second-order valence-corrected chi connectivity index (χ2v) is 3.01. The number of hydrogen-bond donors (Lipinski definition) is 1. The molecule has 1 rings (SSSR count). The molecule has 1 aromatic heterocycles. The molecule has 0 aromatic carbocycles. The lowest BCUT2D eigenvalue weighted by molar-refractivity contribution is -0.136. The van der Waals surface area contributed by atoms with Crippen LogP contribution in [0.25, 0.3) is 0 Å². The predicted octanol–water partition coefficient (Wildman–Crippen LogP) is 1.61. The van der Waals surface area contributed by atoms with Crippen LogP contribution >= 0.6 is 15.9 Å². The van der Waals surface area contributed by atoms with E-state index in [-0.39, 0.29) is 6.42 Å². The Morgan fingerprint density at radius 1 is 1.75 bits per heavy atom. The maximum absolute atomic E-state index is 12.4. The molecule has 0 spiro atoms. The summed E-state index contributed by atoms with van der Waals surface area (Å²) < 4.78 is 12.8. The summed E-state index contributed by atoms with van der Waals surface area (Å²) in [6, 6.07) is 1.19. The molecule has 1 heterocycles. The van der Waals surface area contributed by atoms with Gasteiger partial charge in [-0.05, 0) is 22.0 Å². The average Bonchev–Trinajstić information content (AvgIpc) is 1.94. The standard InChI is InChI=1S/C7H5BrFNO2/c8-5-1-4(9)3-10-6(5)2-7(11)12/h1,3H,2H2,(H,11,12). The van der Waals surface area contributed by atoms with Gasteiger partial charge in [0.25, 0.3) is 0 Å². The fraction of sp³-hybridized carbons (Fsp3) is 0.143. The number of carboxylic acid groups (broad SMARTS) is 1. The molecule has 12 heavy (non-hydrogen) atoms. The predicted molar refractivity (Wildman–Crippen MR) is 43.2 cm³/mol. The van der Waals surface area contributed by atoms with Gasteiger partial charge in [-0.1, -0.05) is 0 Å². The molecule has 64 valence electrons. The van der Waals surface area contributed by atoms with Crippen molar-refractivity contribution in [2.24, 2.45) is 0 Å². The molecule has 0 aliphatic rings. The van der Waals surface area contributed by atoms with E-state index in [1.54, 1.807) is 0 Å². The van der Waals surface area contributed by atoms with Crippen LogP contribution in [0.1, 0.15) is 5.69 Å². The number of rotatable bonds is 2. The van der Waals surface area contributed by atoms with Crippen LogP contribution in [0, 0.1) is 5.82 Å². The molecular weight excluding hydrogens is 229 g/mol. The Morgan fingerprint density at radius 3 is 2.92 bits per heavy atom. The summed E-state index contributed by atoms with van der Waals surface area (Å²) in [5.41, 5.74) is 0.323. The molecule has 0 fully saturated rings. The Labute approximate surface area is 76.4 Å². The van der Waals surface area contributed by atoms with Gasteiger partial charge in [0.15, 0.2) is 0 Å². The monoisotopic (exact) mass is 233 g/mol. The first-order valence-electron chi connectivity index (χ1n) is 3.11. The second kappa shape index (κ2) is 3.62. The van der Waals surface area contributed by atoms with Gasteiger partial charge in [0.1, 0.15) is 5.82 Å². The molecule has 3 nitrogen and oxygen atoms in total. The SMILES string of the molecule is O=C(O)Cc1ncc(F)cc1Br. The Balaban J connectivity index is 2.93. The number of aliphatic carboxylic acids is 1. The first-order valence-corrected chi connectivity index (χ1v) is 3.90. The summed E-state index contributed by atoms with van der Waals surface area (Å²) >= 11 is 3.01. The third kappa shape index (κ3) is 2.27. The van der Waals surface area contributed by atoms with Gasteiger partial charge in [-0.15, -0.1) is 0 Å². The van der Waals surface area contributed by atoms with Gasteiger partial charge in [-0.2, -0.15) is 0 Å². The van der Waals surface area contributed by atoms with E-state index >= 15 is 0 Å². The minimum atomic E-state index is -0.991. The van der Waals surface area contributed by atoms with Crippen molar-refractivity contribution in [1.82, 2.24) is 4.98 Å². The zero-order valence-electron chi connectivity index (χ0n) is 5.92. The first-order chi connectivity index (χ1) is 5.59. The van der Waals surface area contributed by atoms with Crippen LogP contribution < -0.4 is 0 Å². The summed E-state index contributed by atoms with van der Waals surface area (Å²) in [4.78, 5) is 13.9. The van der Waals surface area contributed by atoms with E-state index in [0.717, 1.165) is 6.20 Å². The molecule has 0 amide bonds. The summed E-state index contributed by atoms with van der Waals surface area (Å²) in [6.45, 7) is 0. The fourth-order valence-corrected chi connectivity index (χ4v) is 1.18. The van der Waals surface area contributed by atoms with E-state index in [1.165, 1.54) is 6.07 Å². The zero-order chi connectivity index (χ0) is 9.14. The van der Waals surface area contributed by atoms with E-state index in [0.29, 0.717) is 10.2 Å². The number of aromatic nitrogens is 1. The van der Waals surface area contributed by atoms with Crippen LogP contribution in [0.4, 0.5) is 4.39 Å². The summed E-state index contributed by atoms with van der Waals surface area (Å²) in [6.07, 6.45) is 0.782. The van der Waals surface area contributed by atoms with Crippen LogP contribution in [0.5, 0.6) is 0 Å². The van der Waals surface area contributed by atoms with Gasteiger partial charge in [-0.3, -0.25) is 9.78 Å². The third-order valence-corrected chi connectivity index (χ3v) is 1.89. The molecule has 0 atom stereocenters. The molecule has 0 radical (unpaired) electrons. The number of nitrogens with zero attached hydrogens (tertiary/aromatic N) is 1. The minimum absolute atomic E-state index is 0.207. The molecule has 0 saturated carbocycles. The van der Waals surface area contributed by atoms with E-state index in [1.807, 2.05) is 0 Å². The number of carbonyl (C=O) groups is 1. The molecule has 0 unspecified atom stereocenters. The zero-order valence-corrected chi connectivity index (χ0v) is 7.51. The van der Waals surface area contributed by atoms with Gasteiger partial charge in [-0.25, -0.2) is 4.39 Å². The number of carboxylic acids is 1. The topological polar surface area (TPSA) is 50.2 Å². The molecule has 0 aliphatic heterocycles. The largest absolute Gasteiger partial charge is 0.481 e. The van der Waals surface area contributed by atoms with Crippen molar-refractivity contribution in [2.75, 3.05) is 0 Å². The second-order valence-electron chi connectivity index (χ2n) is 2.15. The Hall–Kier alpha value is -0.970. The number of halogens is 2. The Bertz CT molecular complexity index is 316. The number of hydrogen-bond acceptors (Lipinski definition) is 2. The van der Waals surface area contributed by atoms with Crippen molar-refractivity contribution in [2.45, 2.75) is 6.42 Å². The maximum Gasteiger partial charge on any atom is 0.309 e. The van der Waals surface area contributed by atoms with E-state index in [9.17, 15) is 9.18 Å². The average molecular weight is 234 g/mol. The van der Waals surface area contributed by atoms with Crippen molar-refractivity contribution < 1.29 is 14.3 Å². The van der Waals surface area contributed by atoms with Crippen molar-refractivity contribution in [3.05, 3.63) is 28.2 Å². The number of pyridine rings is 1. The summed E-state index contributed by atoms with van der Waals surface area (Å²) in [7, 11) is 0. The van der Waals surface area contributed by atoms with Crippen LogP contribution in [-0.2, 0) is 11.2 Å². The highest BCUT2D eigenvalue weighted by Gasteiger charge is 2.06. The van der Waals surface area contributed by atoms with Gasteiger partial charge in [0.2, 0.25) is 0 Å². The van der Waals surface area contributed by atoms with Crippen molar-refractivity contribution in [3.8, 4) is 0 Å². The Kier molecular flexibility index (Phi) is 2.75. The van der Waals surface area contributed by atoms with Crippen molar-refractivity contribution >= 4 is 21.9 Å². The quantitative estimate of drug-likeness (QED) is 0.845. The van der Waals surface area contributed by atoms with Crippen molar-refractivity contribution in [1.29, 1.82) is 0 Å². The van der Waals surface area contributed by atoms with Gasteiger partial charge < -0.3 is 5.11 Å². The highest BCUT2D eigenvalue weighted by atomic mass is 79.9. The smallest absolute Gasteiger partial charge is 0.309 e. The van der Waals surface area contributed by atoms with Crippen molar-refractivity contribution in [3.63, 3.8) is 0 Å². The first kappa shape index (κ1) is 9.12. The van der Waals surface area contributed by atoms with E-state index in [2.05, 4.69) is 20.9 Å². The minimum Gasteiger partial charge on any atom is -0.481 e. The van der Waals surface area contributed by atoms with Crippen LogP contribution in [0.2, 0.25) is 0 Å². The highest BCUT2D eigenvalue weighted by Crippen LogP contribution is 2.15. The molecule has 1 N–H and O–H groups in total. The molecule has 0 aliphatic carbocycles. The highest BCUT2D eigenvalue weighted by molar-refractivity contribution is 9.10. The van der Waals surface area contributed by atoms with Gasteiger partial charge in [0.05, 0.1) is 18.3 Å². The summed E-state index contributed by atoms with van der Waals surface area (Å²) in [5, 5.41) is 8.41.